The van der Waals surface area contributed by atoms with Crippen LogP contribution in [0.2, 0.25) is 0 Å². The second kappa shape index (κ2) is 15.4. The number of rotatable bonds is 3. The van der Waals surface area contributed by atoms with Crippen molar-refractivity contribution in [3.8, 4) is 0 Å². The quantitative estimate of drug-likeness (QED) is 0.163. The Hall–Kier alpha value is -5.78. The predicted octanol–water partition coefficient (Wildman–Crippen LogP) is 17.1. The van der Waals surface area contributed by atoms with Crippen LogP contribution in [0.25, 0.3) is 20.2 Å². The summed E-state index contributed by atoms with van der Waals surface area (Å²) in [6.45, 7) is 33.5. The summed E-state index contributed by atoms with van der Waals surface area (Å²) in [5.74, 6) is 0. The van der Waals surface area contributed by atoms with E-state index in [0.717, 1.165) is 6.42 Å². The van der Waals surface area contributed by atoms with Crippen molar-refractivity contribution in [3.63, 3.8) is 0 Å². The fourth-order valence-corrected chi connectivity index (χ4v) is 14.3. The lowest BCUT2D eigenvalue weighted by Gasteiger charge is -2.51. The van der Waals surface area contributed by atoms with Crippen LogP contribution < -0.4 is 31.1 Å². The second-order valence-electron chi connectivity index (χ2n) is 26.3. The van der Waals surface area contributed by atoms with Gasteiger partial charge in [0.2, 0.25) is 0 Å². The number of hydrogen-bond acceptors (Lipinski definition) is 4. The highest BCUT2D eigenvalue weighted by atomic mass is 32.1. The normalized spacial score (nSPS) is 19.7. The van der Waals surface area contributed by atoms with Gasteiger partial charge in [-0.25, -0.2) is 0 Å². The van der Waals surface area contributed by atoms with Gasteiger partial charge in [-0.05, 0) is 152 Å². The Morgan fingerprint density at radius 3 is 1.59 bits per heavy atom. The van der Waals surface area contributed by atoms with Crippen LogP contribution in [0.1, 0.15) is 150 Å². The summed E-state index contributed by atoms with van der Waals surface area (Å²) in [4.78, 5) is 8.18. The zero-order valence-electron chi connectivity index (χ0n) is 44.9. The van der Waals surface area contributed by atoms with Gasteiger partial charge in [-0.1, -0.05) is 170 Å². The summed E-state index contributed by atoms with van der Waals surface area (Å²) in [5.41, 5.74) is 20.9. The molecule has 1 fully saturated rings. The summed E-state index contributed by atoms with van der Waals surface area (Å²) in [7, 11) is 0. The minimum Gasteiger partial charge on any atom is -0.334 e. The third-order valence-electron chi connectivity index (χ3n) is 17.6. The van der Waals surface area contributed by atoms with Crippen LogP contribution in [-0.4, -0.2) is 12.3 Å². The zero-order chi connectivity index (χ0) is 49.9. The van der Waals surface area contributed by atoms with Gasteiger partial charge in [-0.3, -0.25) is 0 Å². The van der Waals surface area contributed by atoms with Crippen LogP contribution in [0.3, 0.4) is 0 Å². The van der Waals surface area contributed by atoms with Crippen LogP contribution in [0.4, 0.5) is 45.5 Å². The molecular formula is C66H72BN3S. The second-order valence-corrected chi connectivity index (χ2v) is 27.3. The molecule has 7 aromatic carbocycles. The molecule has 0 amide bonds. The third-order valence-corrected chi connectivity index (χ3v) is 18.8. The van der Waals surface area contributed by atoms with E-state index in [2.05, 4.69) is 245 Å². The highest BCUT2D eigenvalue weighted by Gasteiger charge is 2.58. The lowest BCUT2D eigenvalue weighted by molar-refractivity contribution is 0.195. The van der Waals surface area contributed by atoms with Gasteiger partial charge in [0.1, 0.15) is 0 Å². The predicted molar refractivity (Wildman–Crippen MR) is 311 cm³/mol. The zero-order valence-corrected chi connectivity index (χ0v) is 45.7. The van der Waals surface area contributed by atoms with Gasteiger partial charge < -0.3 is 14.7 Å². The minimum atomic E-state index is -0.140. The first kappa shape index (κ1) is 46.3. The van der Waals surface area contributed by atoms with Crippen molar-refractivity contribution in [3.05, 3.63) is 161 Å². The molecule has 0 saturated heterocycles. The molecule has 5 heteroatoms. The Bertz CT molecular complexity index is 3500. The van der Waals surface area contributed by atoms with Gasteiger partial charge in [0, 0.05) is 71.1 Å². The monoisotopic (exact) mass is 950 g/mol. The number of anilines is 8. The molecule has 0 N–H and O–H groups in total. The van der Waals surface area contributed by atoms with E-state index >= 15 is 0 Å². The van der Waals surface area contributed by atoms with Crippen LogP contribution in [-0.2, 0) is 27.1 Å². The van der Waals surface area contributed by atoms with Crippen molar-refractivity contribution in [2.45, 2.75) is 155 Å². The van der Waals surface area contributed by atoms with Crippen LogP contribution in [0.5, 0.6) is 0 Å². The SMILES string of the molecule is CC(C)(C)c1cccc(N2c3cc(C(C)(C)C)ccc3B3c4ccc(C(C)(C)C)cc4N(c4ccc5sc6ccccc6c5c4)c4cc(N5c6ccc(C(C)(C)C)cc6C6(C)CCCCC56C)cc2c43)c1. The Labute approximate surface area is 429 Å². The first-order valence-electron chi connectivity index (χ1n) is 26.5. The summed E-state index contributed by atoms with van der Waals surface area (Å²) >= 11 is 1.90. The standard InChI is InChI=1S/C66H72BN3S/c1-61(2,3)41-20-19-21-45(34-41)68-54-36-43(63(7,8)9)24-28-51(54)67-52-29-25-44(64(10,11)12)37-55(52)69(46-27-31-59-49(38-46)48-22-15-16-23-58(48)71-59)57-40-47(39-56(68)60(57)67)70-53-30-26-42(62(4,5)6)35-50(53)65(13)32-17-18-33-66(65,70)14/h15-16,19-31,34-40H,17-18,32-33H2,1-14H3. The summed E-state index contributed by atoms with van der Waals surface area (Å²) in [5, 5.41) is 2.64. The average Bonchev–Trinajstić information content (AvgIpc) is 3.78. The van der Waals surface area contributed by atoms with Crippen LogP contribution in [0.15, 0.2) is 133 Å². The van der Waals surface area contributed by atoms with E-state index in [0.29, 0.717) is 0 Å². The molecule has 3 nitrogen and oxygen atoms in total. The average molecular weight is 950 g/mol. The number of thiophene rings is 1. The Morgan fingerprint density at radius 2 is 0.972 bits per heavy atom. The summed E-state index contributed by atoms with van der Waals surface area (Å²) in [6.07, 6.45) is 4.79. The minimum absolute atomic E-state index is 0.0156. The molecule has 4 heterocycles. The van der Waals surface area contributed by atoms with E-state index in [9.17, 15) is 0 Å². The summed E-state index contributed by atoms with van der Waals surface area (Å²) in [6, 6.07) is 53.4. The van der Waals surface area contributed by atoms with Gasteiger partial charge in [-0.2, -0.15) is 0 Å². The maximum atomic E-state index is 2.83. The first-order valence-corrected chi connectivity index (χ1v) is 27.3. The van der Waals surface area contributed by atoms with Gasteiger partial charge in [0.05, 0.1) is 5.54 Å². The fourth-order valence-electron chi connectivity index (χ4n) is 13.2. The smallest absolute Gasteiger partial charge is 0.252 e. The van der Waals surface area contributed by atoms with E-state index in [1.54, 1.807) is 0 Å². The Balaban J connectivity index is 1.23. The van der Waals surface area contributed by atoms with Crippen molar-refractivity contribution in [2.24, 2.45) is 0 Å². The Kier molecular flexibility index (Phi) is 10.0. The fraction of sp³-hybridized carbons (Fsp3) is 0.364. The largest absolute Gasteiger partial charge is 0.334 e. The maximum absolute atomic E-state index is 2.83. The van der Waals surface area contributed by atoms with Crippen LogP contribution in [0, 0.1) is 0 Å². The van der Waals surface area contributed by atoms with Crippen molar-refractivity contribution in [1.82, 2.24) is 0 Å². The van der Waals surface area contributed by atoms with Crippen molar-refractivity contribution in [1.29, 1.82) is 0 Å². The molecule has 0 radical (unpaired) electrons. The number of nitrogens with zero attached hydrogens (tertiary/aromatic N) is 3. The molecule has 2 atom stereocenters. The number of benzene rings is 7. The van der Waals surface area contributed by atoms with Gasteiger partial charge in [0.15, 0.2) is 0 Å². The van der Waals surface area contributed by atoms with Crippen LogP contribution >= 0.6 is 11.3 Å². The topological polar surface area (TPSA) is 9.72 Å². The van der Waals surface area contributed by atoms with E-state index in [1.807, 2.05) is 11.3 Å². The Morgan fingerprint density at radius 1 is 0.437 bits per heavy atom. The molecule has 360 valence electrons. The van der Waals surface area contributed by atoms with Gasteiger partial charge in [0.25, 0.3) is 6.71 Å². The molecule has 0 spiro atoms. The molecule has 3 aliphatic heterocycles. The highest BCUT2D eigenvalue weighted by Crippen LogP contribution is 2.62. The molecule has 8 aromatic rings. The van der Waals surface area contributed by atoms with E-state index in [-0.39, 0.29) is 39.3 Å². The van der Waals surface area contributed by atoms with E-state index in [4.69, 9.17) is 0 Å². The molecule has 71 heavy (non-hydrogen) atoms. The molecular weight excluding hydrogens is 878 g/mol. The van der Waals surface area contributed by atoms with Crippen molar-refractivity contribution < 1.29 is 0 Å². The van der Waals surface area contributed by atoms with E-state index in [1.165, 1.54) is 129 Å². The highest BCUT2D eigenvalue weighted by molar-refractivity contribution is 7.25. The van der Waals surface area contributed by atoms with E-state index < -0.39 is 0 Å². The van der Waals surface area contributed by atoms with Crippen molar-refractivity contribution >= 4 is 100 Å². The molecule has 0 bridgehead atoms. The molecule has 1 saturated carbocycles. The molecule has 4 aliphatic rings. The maximum Gasteiger partial charge on any atom is 0.252 e. The molecule has 1 aliphatic carbocycles. The number of hydrogen-bond donors (Lipinski definition) is 0. The number of fused-ring (bicyclic) bond motifs is 10. The third kappa shape index (κ3) is 6.95. The lowest BCUT2D eigenvalue weighted by Crippen LogP contribution is -2.61. The molecule has 2 unspecified atom stereocenters. The van der Waals surface area contributed by atoms with Gasteiger partial charge >= 0.3 is 0 Å². The summed E-state index contributed by atoms with van der Waals surface area (Å²) < 4.78 is 2.66. The van der Waals surface area contributed by atoms with Crippen molar-refractivity contribution in [2.75, 3.05) is 14.7 Å². The molecule has 1 aromatic heterocycles. The van der Waals surface area contributed by atoms with Gasteiger partial charge in [-0.15, -0.1) is 11.3 Å². The first-order chi connectivity index (χ1) is 33.5. The molecule has 12 rings (SSSR count). The lowest BCUT2D eigenvalue weighted by atomic mass is 9.33.